The van der Waals surface area contributed by atoms with E-state index in [1.165, 1.54) is 11.9 Å². The third-order valence-corrected chi connectivity index (χ3v) is 5.17. The van der Waals surface area contributed by atoms with Gasteiger partial charge in [-0.1, -0.05) is 42.5 Å². The zero-order chi connectivity index (χ0) is 20.5. The maximum atomic E-state index is 13.5. The van der Waals surface area contributed by atoms with Crippen molar-refractivity contribution in [3.8, 4) is 17.0 Å². The Morgan fingerprint density at radius 2 is 1.90 bits per heavy atom. The average Bonchev–Trinajstić information content (AvgIpc) is 3.26. The van der Waals surface area contributed by atoms with Gasteiger partial charge in [0.2, 0.25) is 0 Å². The first-order valence-corrected chi connectivity index (χ1v) is 9.66. The van der Waals surface area contributed by atoms with Gasteiger partial charge in [0.1, 0.15) is 12.1 Å². The molecular weight excluding hydrogens is 378 g/mol. The van der Waals surface area contributed by atoms with Crippen LogP contribution in [0.4, 0.5) is 0 Å². The number of rotatable bonds is 5. The van der Waals surface area contributed by atoms with Crippen LogP contribution in [0, 0.1) is 0 Å². The maximum absolute atomic E-state index is 13.5. The number of fused-ring (bicyclic) bond motifs is 2. The van der Waals surface area contributed by atoms with Crippen molar-refractivity contribution in [1.29, 1.82) is 0 Å². The van der Waals surface area contributed by atoms with Crippen molar-refractivity contribution in [2.45, 2.75) is 13.0 Å². The van der Waals surface area contributed by atoms with E-state index in [2.05, 4.69) is 27.2 Å². The summed E-state index contributed by atoms with van der Waals surface area (Å²) in [5.41, 5.74) is 3.14. The highest BCUT2D eigenvalue weighted by molar-refractivity contribution is 5.93. The van der Waals surface area contributed by atoms with Gasteiger partial charge in [0, 0.05) is 18.3 Å². The van der Waals surface area contributed by atoms with Gasteiger partial charge in [0.15, 0.2) is 0 Å². The minimum absolute atomic E-state index is 0.105. The molecule has 0 spiro atoms. The summed E-state index contributed by atoms with van der Waals surface area (Å²) in [5.74, 6) is 1.15. The van der Waals surface area contributed by atoms with Crippen LogP contribution in [0.15, 0.2) is 78.0 Å². The molecule has 3 aromatic heterocycles. The van der Waals surface area contributed by atoms with Crippen LogP contribution >= 0.6 is 0 Å². The van der Waals surface area contributed by atoms with Gasteiger partial charge in [-0.15, -0.1) is 0 Å². The lowest BCUT2D eigenvalue weighted by molar-refractivity contribution is 0.415. The van der Waals surface area contributed by atoms with Crippen molar-refractivity contribution in [2.75, 3.05) is 7.11 Å². The van der Waals surface area contributed by atoms with Gasteiger partial charge in [-0.2, -0.15) is 14.6 Å². The van der Waals surface area contributed by atoms with Gasteiger partial charge in [-0.3, -0.25) is 4.79 Å². The molecule has 0 fully saturated rings. The first kappa shape index (κ1) is 18.1. The van der Waals surface area contributed by atoms with Crippen molar-refractivity contribution >= 4 is 16.7 Å². The molecule has 0 aliphatic carbocycles. The fraction of sp³-hybridized carbons (Fsp3) is 0.130. The van der Waals surface area contributed by atoms with Crippen LogP contribution in [0.25, 0.3) is 27.9 Å². The van der Waals surface area contributed by atoms with Crippen LogP contribution in [-0.4, -0.2) is 31.3 Å². The summed E-state index contributed by atoms with van der Waals surface area (Å²) in [6, 6.07) is 19.6. The average molecular weight is 397 g/mol. The second-order valence-corrected chi connectivity index (χ2v) is 6.97. The standard InChI is InChI=1S/C23H19N5O2/c1-30-18-9-5-8-17(14-18)21-20-19(26-23-24-15-25-28(21)23)11-13-27(22(20)29)12-10-16-6-3-2-4-7-16/h2-9,11,13-15H,10,12H2,1H3. The number of hydrogen-bond acceptors (Lipinski definition) is 5. The molecule has 7 heteroatoms. The minimum atomic E-state index is -0.105. The fourth-order valence-electron chi connectivity index (χ4n) is 3.67. The fourth-order valence-corrected chi connectivity index (χ4v) is 3.67. The molecule has 0 aliphatic rings. The number of benzene rings is 2. The first-order valence-electron chi connectivity index (χ1n) is 9.66. The molecule has 2 aromatic carbocycles. The molecule has 0 saturated carbocycles. The van der Waals surface area contributed by atoms with Gasteiger partial charge in [-0.05, 0) is 30.2 Å². The Kier molecular flexibility index (Phi) is 4.48. The van der Waals surface area contributed by atoms with Crippen molar-refractivity contribution in [2.24, 2.45) is 0 Å². The molecule has 7 nitrogen and oxygen atoms in total. The summed E-state index contributed by atoms with van der Waals surface area (Å²) in [6.45, 7) is 0.575. The first-order chi connectivity index (χ1) is 14.7. The van der Waals surface area contributed by atoms with Gasteiger partial charge >= 0.3 is 0 Å². The molecule has 0 atom stereocenters. The molecule has 30 heavy (non-hydrogen) atoms. The van der Waals surface area contributed by atoms with Crippen molar-refractivity contribution < 1.29 is 4.74 Å². The lowest BCUT2D eigenvalue weighted by atomic mass is 10.1. The molecule has 5 rings (SSSR count). The zero-order valence-corrected chi connectivity index (χ0v) is 16.4. The Bertz CT molecular complexity index is 1410. The predicted octanol–water partition coefficient (Wildman–Crippen LogP) is 3.36. The highest BCUT2D eigenvalue weighted by atomic mass is 16.5. The molecule has 5 aromatic rings. The van der Waals surface area contributed by atoms with E-state index < -0.39 is 0 Å². The van der Waals surface area contributed by atoms with Gasteiger partial charge in [0.05, 0.1) is 23.7 Å². The summed E-state index contributed by atoms with van der Waals surface area (Å²) < 4.78 is 8.72. The Morgan fingerprint density at radius 1 is 1.03 bits per heavy atom. The Labute approximate surface area is 172 Å². The second kappa shape index (κ2) is 7.44. The molecule has 0 bridgehead atoms. The molecule has 0 aliphatic heterocycles. The van der Waals surface area contributed by atoms with Crippen molar-refractivity contribution in [3.63, 3.8) is 0 Å². The highest BCUT2D eigenvalue weighted by Crippen LogP contribution is 2.28. The predicted molar refractivity (Wildman–Crippen MR) is 115 cm³/mol. The molecule has 3 heterocycles. The SMILES string of the molecule is COc1cccc(-c2c3c(=O)n(CCc4ccccc4)ccc3nc3ncnn23)c1. The van der Waals surface area contributed by atoms with Crippen LogP contribution in [0.5, 0.6) is 5.75 Å². The van der Waals surface area contributed by atoms with Gasteiger partial charge in [-0.25, -0.2) is 4.98 Å². The molecule has 0 radical (unpaired) electrons. The smallest absolute Gasteiger partial charge is 0.262 e. The Morgan fingerprint density at radius 3 is 2.73 bits per heavy atom. The van der Waals surface area contributed by atoms with Gasteiger partial charge in [0.25, 0.3) is 11.3 Å². The van der Waals surface area contributed by atoms with Crippen molar-refractivity contribution in [3.05, 3.63) is 89.1 Å². The normalized spacial score (nSPS) is 11.2. The van der Waals surface area contributed by atoms with Crippen LogP contribution in [0.2, 0.25) is 0 Å². The minimum Gasteiger partial charge on any atom is -0.497 e. The summed E-state index contributed by atoms with van der Waals surface area (Å²) >= 11 is 0. The largest absolute Gasteiger partial charge is 0.497 e. The quantitative estimate of drug-likeness (QED) is 0.455. The molecule has 0 N–H and O–H groups in total. The number of nitrogens with zero attached hydrogens (tertiary/aromatic N) is 5. The van der Waals surface area contributed by atoms with E-state index in [1.807, 2.05) is 48.5 Å². The molecular formula is C23H19N5O2. The van der Waals surface area contributed by atoms with E-state index in [0.29, 0.717) is 34.7 Å². The van der Waals surface area contributed by atoms with E-state index in [0.717, 1.165) is 12.0 Å². The van der Waals surface area contributed by atoms with E-state index >= 15 is 0 Å². The number of pyridine rings is 1. The summed E-state index contributed by atoms with van der Waals surface area (Å²) in [7, 11) is 1.62. The number of aryl methyl sites for hydroxylation is 2. The number of aromatic nitrogens is 5. The van der Waals surface area contributed by atoms with Gasteiger partial charge < -0.3 is 9.30 Å². The highest BCUT2D eigenvalue weighted by Gasteiger charge is 2.17. The molecule has 0 saturated heterocycles. The molecule has 0 unspecified atom stereocenters. The van der Waals surface area contributed by atoms with Crippen LogP contribution in [-0.2, 0) is 13.0 Å². The number of methoxy groups -OCH3 is 1. The maximum Gasteiger partial charge on any atom is 0.262 e. The van der Waals surface area contributed by atoms with Crippen LogP contribution in [0.1, 0.15) is 5.56 Å². The van der Waals surface area contributed by atoms with Crippen LogP contribution in [0.3, 0.4) is 0 Å². The Hall–Kier alpha value is -4.00. The van der Waals surface area contributed by atoms with Crippen molar-refractivity contribution in [1.82, 2.24) is 24.1 Å². The monoisotopic (exact) mass is 397 g/mol. The second-order valence-electron chi connectivity index (χ2n) is 6.97. The molecule has 0 amide bonds. The third kappa shape index (κ3) is 3.10. The summed E-state index contributed by atoms with van der Waals surface area (Å²) in [5, 5.41) is 4.83. The Balaban J connectivity index is 1.71. The zero-order valence-electron chi connectivity index (χ0n) is 16.4. The van der Waals surface area contributed by atoms with E-state index in [9.17, 15) is 4.79 Å². The van der Waals surface area contributed by atoms with E-state index in [1.54, 1.807) is 22.4 Å². The topological polar surface area (TPSA) is 74.3 Å². The van der Waals surface area contributed by atoms with Crippen LogP contribution < -0.4 is 10.3 Å². The van der Waals surface area contributed by atoms with E-state index in [4.69, 9.17) is 4.74 Å². The summed E-state index contributed by atoms with van der Waals surface area (Å²) in [6.07, 6.45) is 4.00. The number of hydrogen-bond donors (Lipinski definition) is 0. The number of ether oxygens (including phenoxy) is 1. The van der Waals surface area contributed by atoms with E-state index in [-0.39, 0.29) is 5.56 Å². The lowest BCUT2D eigenvalue weighted by Gasteiger charge is -2.12. The molecule has 148 valence electrons. The third-order valence-electron chi connectivity index (χ3n) is 5.17. The summed E-state index contributed by atoms with van der Waals surface area (Å²) in [4.78, 5) is 22.3. The lowest BCUT2D eigenvalue weighted by Crippen LogP contribution is -2.22.